The summed E-state index contributed by atoms with van der Waals surface area (Å²) in [6, 6.07) is 4.26. The monoisotopic (exact) mass is 359 g/mol. The zero-order chi connectivity index (χ0) is 16.1. The lowest BCUT2D eigenvalue weighted by atomic mass is 10.1. The number of methoxy groups -OCH3 is 1. The molecule has 126 valence electrons. The number of carbonyl (C=O) groups excluding carboxylic acids is 1. The van der Waals surface area contributed by atoms with Crippen LogP contribution in [0, 0.1) is 5.82 Å². The molecule has 0 aliphatic heterocycles. The minimum Gasteiger partial charge on any atom is -0.494 e. The summed E-state index contributed by atoms with van der Waals surface area (Å²) in [6.07, 6.45) is 0.650. The first kappa shape index (κ1) is 19.3. The quantitative estimate of drug-likeness (QED) is 0.831. The number of rotatable bonds is 6. The van der Waals surface area contributed by atoms with Gasteiger partial charge < -0.3 is 15.8 Å². The molecule has 0 aliphatic rings. The predicted molar refractivity (Wildman–Crippen MR) is 91.0 cm³/mol. The third kappa shape index (κ3) is 4.89. The Morgan fingerprint density at radius 1 is 1.52 bits per heavy atom. The minimum absolute atomic E-state index is 0. The standard InChI is InChI=1S/C15H18FN3O2S.ClH/c1-9(10-3-4-13(21-2)11(16)7-10)18-15(20)12-8-22-14(19-12)5-6-17;/h3-4,7-9H,5-6,17H2,1-2H3,(H,18,20);1H. The molecule has 23 heavy (non-hydrogen) atoms. The molecule has 0 spiro atoms. The van der Waals surface area contributed by atoms with Crippen molar-refractivity contribution < 1.29 is 13.9 Å². The molecule has 1 heterocycles. The number of aromatic nitrogens is 1. The maximum Gasteiger partial charge on any atom is 0.271 e. The van der Waals surface area contributed by atoms with Gasteiger partial charge in [0.05, 0.1) is 18.2 Å². The normalized spacial score (nSPS) is 11.5. The van der Waals surface area contributed by atoms with Gasteiger partial charge in [-0.2, -0.15) is 0 Å². The van der Waals surface area contributed by atoms with Gasteiger partial charge in [-0.25, -0.2) is 9.37 Å². The Morgan fingerprint density at radius 3 is 2.87 bits per heavy atom. The van der Waals surface area contributed by atoms with Crippen molar-refractivity contribution in [3.8, 4) is 5.75 Å². The highest BCUT2D eigenvalue weighted by Gasteiger charge is 2.15. The molecule has 1 unspecified atom stereocenters. The number of ether oxygens (including phenoxy) is 1. The van der Waals surface area contributed by atoms with Gasteiger partial charge in [0.25, 0.3) is 5.91 Å². The van der Waals surface area contributed by atoms with Crippen LogP contribution in [0.3, 0.4) is 0 Å². The summed E-state index contributed by atoms with van der Waals surface area (Å²) in [7, 11) is 1.41. The van der Waals surface area contributed by atoms with Gasteiger partial charge in [0, 0.05) is 11.8 Å². The van der Waals surface area contributed by atoms with Gasteiger partial charge in [-0.1, -0.05) is 6.07 Å². The maximum atomic E-state index is 13.7. The van der Waals surface area contributed by atoms with E-state index in [4.69, 9.17) is 10.5 Å². The number of hydrogen-bond donors (Lipinski definition) is 2. The van der Waals surface area contributed by atoms with E-state index in [9.17, 15) is 9.18 Å². The van der Waals surface area contributed by atoms with E-state index in [1.807, 2.05) is 0 Å². The average molecular weight is 360 g/mol. The van der Waals surface area contributed by atoms with Crippen LogP contribution in [-0.4, -0.2) is 24.5 Å². The number of hydrogen-bond acceptors (Lipinski definition) is 5. The Morgan fingerprint density at radius 2 is 2.26 bits per heavy atom. The third-order valence-corrected chi connectivity index (χ3v) is 4.07. The molecule has 2 aromatic rings. The van der Waals surface area contributed by atoms with Crippen LogP contribution in [0.2, 0.25) is 0 Å². The van der Waals surface area contributed by atoms with Crippen LogP contribution >= 0.6 is 23.7 Å². The lowest BCUT2D eigenvalue weighted by Gasteiger charge is -2.14. The third-order valence-electron chi connectivity index (χ3n) is 3.17. The zero-order valence-electron chi connectivity index (χ0n) is 12.8. The second-order valence-corrected chi connectivity index (χ2v) is 5.70. The molecule has 0 radical (unpaired) electrons. The highest BCUT2D eigenvalue weighted by molar-refractivity contribution is 7.09. The lowest BCUT2D eigenvalue weighted by Crippen LogP contribution is -2.27. The molecule has 3 N–H and O–H groups in total. The van der Waals surface area contributed by atoms with Crippen LogP contribution in [-0.2, 0) is 6.42 Å². The number of nitrogens with two attached hydrogens (primary N) is 1. The lowest BCUT2D eigenvalue weighted by molar-refractivity contribution is 0.0935. The molecule has 0 saturated heterocycles. The molecule has 1 atom stereocenters. The van der Waals surface area contributed by atoms with Crippen molar-refractivity contribution in [3.05, 3.63) is 45.7 Å². The first-order chi connectivity index (χ1) is 10.5. The number of benzene rings is 1. The fourth-order valence-electron chi connectivity index (χ4n) is 1.96. The Hall–Kier alpha value is -1.70. The van der Waals surface area contributed by atoms with Crippen molar-refractivity contribution >= 4 is 29.7 Å². The van der Waals surface area contributed by atoms with Gasteiger partial charge in [0.15, 0.2) is 11.6 Å². The largest absolute Gasteiger partial charge is 0.494 e. The second kappa shape index (κ2) is 8.81. The first-order valence-corrected chi connectivity index (χ1v) is 7.72. The number of amides is 1. The van der Waals surface area contributed by atoms with Gasteiger partial charge in [-0.3, -0.25) is 4.79 Å². The first-order valence-electron chi connectivity index (χ1n) is 6.84. The van der Waals surface area contributed by atoms with Crippen LogP contribution in [0.4, 0.5) is 4.39 Å². The summed E-state index contributed by atoms with van der Waals surface area (Å²) >= 11 is 1.40. The topological polar surface area (TPSA) is 77.2 Å². The van der Waals surface area contributed by atoms with Crippen molar-refractivity contribution in [2.45, 2.75) is 19.4 Å². The van der Waals surface area contributed by atoms with Crippen molar-refractivity contribution in [1.82, 2.24) is 10.3 Å². The molecule has 8 heteroatoms. The molecule has 1 aromatic carbocycles. The highest BCUT2D eigenvalue weighted by atomic mass is 35.5. The molecule has 2 rings (SSSR count). The average Bonchev–Trinajstić information content (AvgIpc) is 2.96. The fourth-order valence-corrected chi connectivity index (χ4v) is 2.75. The summed E-state index contributed by atoms with van der Waals surface area (Å²) in [5.74, 6) is -0.573. The highest BCUT2D eigenvalue weighted by Crippen LogP contribution is 2.22. The van der Waals surface area contributed by atoms with E-state index in [-0.39, 0.29) is 30.1 Å². The summed E-state index contributed by atoms with van der Waals surface area (Å²) in [5, 5.41) is 5.32. The van der Waals surface area contributed by atoms with Gasteiger partial charge >= 0.3 is 0 Å². The van der Waals surface area contributed by atoms with Crippen molar-refractivity contribution in [2.75, 3.05) is 13.7 Å². The van der Waals surface area contributed by atoms with E-state index >= 15 is 0 Å². The van der Waals surface area contributed by atoms with E-state index in [0.717, 1.165) is 5.01 Å². The molecule has 5 nitrogen and oxygen atoms in total. The molecule has 0 fully saturated rings. The number of nitrogens with one attached hydrogen (secondary N) is 1. The smallest absolute Gasteiger partial charge is 0.271 e. The molecule has 1 amide bonds. The maximum absolute atomic E-state index is 13.7. The zero-order valence-corrected chi connectivity index (χ0v) is 14.5. The molecular weight excluding hydrogens is 341 g/mol. The molecule has 0 saturated carbocycles. The van der Waals surface area contributed by atoms with E-state index in [0.29, 0.717) is 24.2 Å². The second-order valence-electron chi connectivity index (χ2n) is 4.75. The summed E-state index contributed by atoms with van der Waals surface area (Å²) in [5.41, 5.74) is 6.47. The summed E-state index contributed by atoms with van der Waals surface area (Å²) in [6.45, 7) is 2.28. The molecule has 0 bridgehead atoms. The van der Waals surface area contributed by atoms with E-state index in [2.05, 4.69) is 10.3 Å². The van der Waals surface area contributed by atoms with E-state index in [1.165, 1.54) is 30.6 Å². The Bertz CT molecular complexity index is 666. The summed E-state index contributed by atoms with van der Waals surface area (Å²) < 4.78 is 18.6. The molecule has 0 aliphatic carbocycles. The van der Waals surface area contributed by atoms with E-state index < -0.39 is 5.82 Å². The van der Waals surface area contributed by atoms with Crippen LogP contribution in [0.25, 0.3) is 0 Å². The SMILES string of the molecule is COc1ccc(C(C)NC(=O)c2csc(CCN)n2)cc1F.Cl. The number of halogens is 2. The fraction of sp³-hybridized carbons (Fsp3) is 0.333. The predicted octanol–water partition coefficient (Wildman–Crippen LogP) is 2.70. The Labute approximate surface area is 144 Å². The van der Waals surface area contributed by atoms with E-state index in [1.54, 1.807) is 18.4 Å². The molecule has 1 aromatic heterocycles. The van der Waals surface area contributed by atoms with Gasteiger partial charge in [-0.15, -0.1) is 23.7 Å². The molecular formula is C15H19ClFN3O2S. The van der Waals surface area contributed by atoms with Gasteiger partial charge in [0.1, 0.15) is 5.69 Å². The van der Waals surface area contributed by atoms with Crippen LogP contribution in [0.5, 0.6) is 5.75 Å². The van der Waals surface area contributed by atoms with Crippen molar-refractivity contribution in [3.63, 3.8) is 0 Å². The van der Waals surface area contributed by atoms with Crippen molar-refractivity contribution in [2.24, 2.45) is 5.73 Å². The Kier molecular flexibility index (Phi) is 7.41. The van der Waals surface area contributed by atoms with Crippen LogP contribution < -0.4 is 15.8 Å². The number of thiazole rings is 1. The van der Waals surface area contributed by atoms with Crippen LogP contribution in [0.15, 0.2) is 23.6 Å². The minimum atomic E-state index is -0.458. The Balaban J connectivity index is 0.00000264. The number of nitrogens with zero attached hydrogens (tertiary/aromatic N) is 1. The summed E-state index contributed by atoms with van der Waals surface area (Å²) in [4.78, 5) is 16.4. The van der Waals surface area contributed by atoms with Gasteiger partial charge in [0.2, 0.25) is 0 Å². The number of carbonyl (C=O) groups is 1. The van der Waals surface area contributed by atoms with Crippen molar-refractivity contribution in [1.29, 1.82) is 0 Å². The van der Waals surface area contributed by atoms with Crippen LogP contribution in [0.1, 0.15) is 34.0 Å². The van der Waals surface area contributed by atoms with Gasteiger partial charge in [-0.05, 0) is 31.2 Å².